The van der Waals surface area contributed by atoms with Crippen LogP contribution in [-0.2, 0) is 9.53 Å². The summed E-state index contributed by atoms with van der Waals surface area (Å²) in [7, 11) is 0. The maximum Gasteiger partial charge on any atom is 0.244 e. The molecule has 0 aromatic heterocycles. The molecular weight excluding hydrogens is 360 g/mol. The molecule has 1 heterocycles. The lowest BCUT2D eigenvalue weighted by atomic mass is 9.88. The molecule has 3 rings (SSSR count). The van der Waals surface area contributed by atoms with Crippen LogP contribution in [0.25, 0.3) is 6.08 Å². The van der Waals surface area contributed by atoms with Gasteiger partial charge >= 0.3 is 0 Å². The van der Waals surface area contributed by atoms with Crippen LogP contribution in [0.2, 0.25) is 0 Å². The van der Waals surface area contributed by atoms with E-state index in [1.54, 1.807) is 6.08 Å². The van der Waals surface area contributed by atoms with Gasteiger partial charge in [-0.25, -0.2) is 0 Å². The highest BCUT2D eigenvalue weighted by atomic mass is 16.5. The molecule has 1 fully saturated rings. The monoisotopic (exact) mass is 392 g/mol. The predicted molar refractivity (Wildman–Crippen MR) is 119 cm³/mol. The minimum absolute atomic E-state index is 0.0648. The number of rotatable bonds is 7. The zero-order valence-electron chi connectivity index (χ0n) is 17.7. The third kappa shape index (κ3) is 6.02. The van der Waals surface area contributed by atoms with E-state index in [2.05, 4.69) is 73.9 Å². The van der Waals surface area contributed by atoms with Crippen molar-refractivity contribution in [1.82, 2.24) is 10.6 Å². The molecule has 0 radical (unpaired) electrons. The first kappa shape index (κ1) is 21.3. The number of nitrogens with one attached hydrogen (secondary N) is 2. The first-order valence-electron chi connectivity index (χ1n) is 10.4. The highest BCUT2D eigenvalue weighted by Crippen LogP contribution is 2.25. The van der Waals surface area contributed by atoms with E-state index in [4.69, 9.17) is 4.74 Å². The molecule has 154 valence electrons. The van der Waals surface area contributed by atoms with Crippen LogP contribution >= 0.6 is 0 Å². The number of aryl methyl sites for hydroxylation is 2. The summed E-state index contributed by atoms with van der Waals surface area (Å²) < 4.78 is 5.58. The van der Waals surface area contributed by atoms with Crippen molar-refractivity contribution < 1.29 is 9.53 Å². The summed E-state index contributed by atoms with van der Waals surface area (Å²) in [5, 5.41) is 6.88. The SMILES string of the molecule is Cc1ccc(/C=C/C(=O)NCC2(NC(C)c3ccccc3)CCOCC2)c(C)c1. The fourth-order valence-electron chi connectivity index (χ4n) is 3.91. The maximum atomic E-state index is 12.5. The molecule has 0 saturated carbocycles. The number of benzene rings is 2. The van der Waals surface area contributed by atoms with Crippen LogP contribution in [0.3, 0.4) is 0 Å². The van der Waals surface area contributed by atoms with Crippen molar-refractivity contribution in [2.24, 2.45) is 0 Å². The van der Waals surface area contributed by atoms with Crippen LogP contribution in [0.15, 0.2) is 54.6 Å². The molecule has 2 N–H and O–H groups in total. The Morgan fingerprint density at radius 1 is 1.14 bits per heavy atom. The van der Waals surface area contributed by atoms with E-state index in [0.717, 1.165) is 18.4 Å². The largest absolute Gasteiger partial charge is 0.381 e. The molecule has 1 saturated heterocycles. The van der Waals surface area contributed by atoms with Crippen LogP contribution < -0.4 is 10.6 Å². The summed E-state index contributed by atoms with van der Waals surface area (Å²) >= 11 is 0. The molecule has 4 heteroatoms. The first-order chi connectivity index (χ1) is 14.0. The minimum Gasteiger partial charge on any atom is -0.381 e. The van der Waals surface area contributed by atoms with Crippen molar-refractivity contribution in [1.29, 1.82) is 0 Å². The van der Waals surface area contributed by atoms with Gasteiger partial charge in [-0.15, -0.1) is 0 Å². The van der Waals surface area contributed by atoms with Gasteiger partial charge < -0.3 is 15.4 Å². The maximum absolute atomic E-state index is 12.5. The lowest BCUT2D eigenvalue weighted by molar-refractivity contribution is -0.117. The Bertz CT molecular complexity index is 839. The molecule has 1 aliphatic heterocycles. The van der Waals surface area contributed by atoms with E-state index >= 15 is 0 Å². The van der Waals surface area contributed by atoms with Crippen LogP contribution in [0.5, 0.6) is 0 Å². The second-order valence-electron chi connectivity index (χ2n) is 8.08. The quantitative estimate of drug-likeness (QED) is 0.690. The van der Waals surface area contributed by atoms with Crippen LogP contribution in [-0.4, -0.2) is 31.2 Å². The van der Waals surface area contributed by atoms with E-state index in [1.165, 1.54) is 16.7 Å². The molecule has 2 aromatic rings. The van der Waals surface area contributed by atoms with E-state index in [-0.39, 0.29) is 17.5 Å². The lowest BCUT2D eigenvalue weighted by Gasteiger charge is -2.40. The molecule has 0 bridgehead atoms. The number of hydrogen-bond donors (Lipinski definition) is 2. The Balaban J connectivity index is 1.62. The van der Waals surface area contributed by atoms with Crippen molar-refractivity contribution >= 4 is 12.0 Å². The van der Waals surface area contributed by atoms with Gasteiger partial charge in [0.2, 0.25) is 5.91 Å². The number of carbonyl (C=O) groups excluding carboxylic acids is 1. The van der Waals surface area contributed by atoms with Gasteiger partial charge in [0.05, 0.1) is 0 Å². The molecule has 0 spiro atoms. The highest BCUT2D eigenvalue weighted by molar-refractivity contribution is 5.91. The molecule has 1 aliphatic rings. The Kier molecular flexibility index (Phi) is 7.24. The molecule has 29 heavy (non-hydrogen) atoms. The van der Waals surface area contributed by atoms with Crippen molar-refractivity contribution in [3.05, 3.63) is 76.9 Å². The number of carbonyl (C=O) groups is 1. The third-order valence-corrected chi connectivity index (χ3v) is 5.71. The Morgan fingerprint density at radius 3 is 2.55 bits per heavy atom. The van der Waals surface area contributed by atoms with Crippen molar-refractivity contribution in [3.8, 4) is 0 Å². The highest BCUT2D eigenvalue weighted by Gasteiger charge is 2.34. The molecule has 1 amide bonds. The van der Waals surface area contributed by atoms with Gasteiger partial charge in [0.25, 0.3) is 0 Å². The summed E-state index contributed by atoms with van der Waals surface area (Å²) in [5.41, 5.74) is 4.57. The van der Waals surface area contributed by atoms with E-state index < -0.39 is 0 Å². The first-order valence-corrected chi connectivity index (χ1v) is 10.4. The van der Waals surface area contributed by atoms with Crippen molar-refractivity contribution in [3.63, 3.8) is 0 Å². The average Bonchev–Trinajstić information content (AvgIpc) is 2.73. The average molecular weight is 393 g/mol. The normalized spacial score (nSPS) is 17.2. The molecule has 2 aromatic carbocycles. The number of hydrogen-bond acceptors (Lipinski definition) is 3. The van der Waals surface area contributed by atoms with E-state index in [1.807, 2.05) is 12.1 Å². The van der Waals surface area contributed by atoms with E-state index in [0.29, 0.717) is 19.8 Å². The van der Waals surface area contributed by atoms with Crippen molar-refractivity contribution in [2.45, 2.75) is 45.2 Å². The Hall–Kier alpha value is -2.43. The van der Waals surface area contributed by atoms with E-state index in [9.17, 15) is 4.79 Å². The van der Waals surface area contributed by atoms with Gasteiger partial charge in [0, 0.05) is 37.4 Å². The lowest BCUT2D eigenvalue weighted by Crippen LogP contribution is -2.57. The van der Waals surface area contributed by atoms with Crippen LogP contribution in [0.4, 0.5) is 0 Å². The van der Waals surface area contributed by atoms with Gasteiger partial charge in [-0.3, -0.25) is 4.79 Å². The second-order valence-corrected chi connectivity index (χ2v) is 8.08. The topological polar surface area (TPSA) is 50.4 Å². The number of amides is 1. The zero-order chi connectivity index (χ0) is 20.7. The summed E-state index contributed by atoms with van der Waals surface area (Å²) in [5.74, 6) is -0.0648. The van der Waals surface area contributed by atoms with Gasteiger partial charge in [-0.1, -0.05) is 54.1 Å². The van der Waals surface area contributed by atoms with Gasteiger partial charge in [0.1, 0.15) is 0 Å². The summed E-state index contributed by atoms with van der Waals surface area (Å²) in [4.78, 5) is 12.5. The summed E-state index contributed by atoms with van der Waals surface area (Å²) in [6.07, 6.45) is 5.28. The smallest absolute Gasteiger partial charge is 0.244 e. The molecule has 0 aliphatic carbocycles. The zero-order valence-corrected chi connectivity index (χ0v) is 17.7. The fourth-order valence-corrected chi connectivity index (χ4v) is 3.91. The Labute approximate surface area is 174 Å². The molecule has 1 unspecified atom stereocenters. The van der Waals surface area contributed by atoms with Crippen LogP contribution in [0.1, 0.15) is 48.1 Å². The fraction of sp³-hybridized carbons (Fsp3) is 0.400. The summed E-state index contributed by atoms with van der Waals surface area (Å²) in [6, 6.07) is 16.9. The number of ether oxygens (including phenoxy) is 1. The molecule has 1 atom stereocenters. The van der Waals surface area contributed by atoms with Crippen molar-refractivity contribution in [2.75, 3.05) is 19.8 Å². The molecular formula is C25H32N2O2. The van der Waals surface area contributed by atoms with Gasteiger partial charge in [-0.2, -0.15) is 0 Å². The standard InChI is InChI=1S/C25H32N2O2/c1-19-9-10-22(20(2)17-19)11-12-24(28)26-18-25(13-15-29-16-14-25)27-21(3)23-7-5-4-6-8-23/h4-12,17,21,27H,13-16,18H2,1-3H3,(H,26,28)/b12-11+. The summed E-state index contributed by atoms with van der Waals surface area (Å²) in [6.45, 7) is 8.32. The van der Waals surface area contributed by atoms with Crippen LogP contribution in [0, 0.1) is 13.8 Å². The predicted octanol–water partition coefficient (Wildman–Crippen LogP) is 4.33. The second kappa shape index (κ2) is 9.86. The van der Waals surface area contributed by atoms with Gasteiger partial charge in [0.15, 0.2) is 0 Å². The van der Waals surface area contributed by atoms with Gasteiger partial charge in [-0.05, 0) is 56.4 Å². The minimum atomic E-state index is -0.156. The molecule has 4 nitrogen and oxygen atoms in total. The third-order valence-electron chi connectivity index (χ3n) is 5.71. The Morgan fingerprint density at radius 2 is 1.86 bits per heavy atom.